The van der Waals surface area contributed by atoms with Crippen molar-refractivity contribution in [3.05, 3.63) is 112 Å². The van der Waals surface area contributed by atoms with Crippen LogP contribution < -0.4 is 0 Å². The number of Topliss-reactive ketones (excluding diaryl/α,β-unsaturated/α-hetero) is 1. The number of hydrogen-bond donors (Lipinski definition) is 1. The Bertz CT molecular complexity index is 1290. The number of likely N-dealkylation sites (tertiary alicyclic amines) is 1. The molecule has 1 aliphatic rings. The average Bonchev–Trinajstić information content (AvgIpc) is 3.10. The minimum absolute atomic E-state index is 0.0282. The molecule has 1 aliphatic heterocycles. The van der Waals surface area contributed by atoms with Crippen molar-refractivity contribution in [1.29, 1.82) is 0 Å². The third-order valence-corrected chi connectivity index (χ3v) is 6.03. The standard InChI is InChI=1S/C28H25NO5/c1-17-9-10-18(2)22(15-17)25(30)23-24(20-11-13-21(14-12-20)28(33)34-3)29(27(32)26(23)31)16-19-7-5-4-6-8-19/h4-15,24,30H,16H2,1-3H3/b25-23+. The number of amides is 1. The second-order valence-electron chi connectivity index (χ2n) is 8.34. The Balaban J connectivity index is 1.88. The van der Waals surface area contributed by atoms with Gasteiger partial charge in [-0.15, -0.1) is 0 Å². The van der Waals surface area contributed by atoms with Crippen molar-refractivity contribution in [2.24, 2.45) is 0 Å². The molecule has 0 aromatic heterocycles. The fraction of sp³-hybridized carbons (Fsp3) is 0.179. The number of aliphatic hydroxyl groups excluding tert-OH is 1. The fourth-order valence-electron chi connectivity index (χ4n) is 4.23. The number of carbonyl (C=O) groups excluding carboxylic acids is 3. The number of methoxy groups -OCH3 is 1. The Hall–Kier alpha value is -4.19. The maximum Gasteiger partial charge on any atom is 0.337 e. The van der Waals surface area contributed by atoms with Crippen LogP contribution >= 0.6 is 0 Å². The summed E-state index contributed by atoms with van der Waals surface area (Å²) in [5.41, 5.74) is 4.05. The summed E-state index contributed by atoms with van der Waals surface area (Å²) in [5.74, 6) is -2.12. The first-order chi connectivity index (χ1) is 16.3. The van der Waals surface area contributed by atoms with E-state index in [1.54, 1.807) is 30.3 Å². The van der Waals surface area contributed by atoms with Gasteiger partial charge in [0.2, 0.25) is 0 Å². The Kier molecular flexibility index (Phi) is 6.32. The van der Waals surface area contributed by atoms with Gasteiger partial charge in [-0.25, -0.2) is 4.79 Å². The molecule has 0 saturated carbocycles. The van der Waals surface area contributed by atoms with Crippen LogP contribution in [0.3, 0.4) is 0 Å². The van der Waals surface area contributed by atoms with Gasteiger partial charge in [-0.2, -0.15) is 0 Å². The zero-order valence-corrected chi connectivity index (χ0v) is 19.2. The van der Waals surface area contributed by atoms with Gasteiger partial charge in [-0.05, 0) is 48.7 Å². The molecule has 0 bridgehead atoms. The normalized spacial score (nSPS) is 17.1. The lowest BCUT2D eigenvalue weighted by molar-refractivity contribution is -0.140. The second kappa shape index (κ2) is 9.35. The van der Waals surface area contributed by atoms with E-state index < -0.39 is 23.7 Å². The third kappa shape index (κ3) is 4.22. The van der Waals surface area contributed by atoms with Gasteiger partial charge < -0.3 is 14.7 Å². The van der Waals surface area contributed by atoms with Crippen LogP contribution in [0, 0.1) is 13.8 Å². The highest BCUT2D eigenvalue weighted by atomic mass is 16.5. The minimum Gasteiger partial charge on any atom is -0.507 e. The van der Waals surface area contributed by atoms with Gasteiger partial charge in [-0.1, -0.05) is 60.2 Å². The summed E-state index contributed by atoms with van der Waals surface area (Å²) in [6.07, 6.45) is 0. The lowest BCUT2D eigenvalue weighted by atomic mass is 9.92. The predicted octanol–water partition coefficient (Wildman–Crippen LogP) is 4.71. The van der Waals surface area contributed by atoms with Gasteiger partial charge in [0.05, 0.1) is 24.3 Å². The van der Waals surface area contributed by atoms with E-state index in [0.29, 0.717) is 16.7 Å². The summed E-state index contributed by atoms with van der Waals surface area (Å²) in [5, 5.41) is 11.3. The minimum atomic E-state index is -0.813. The molecule has 1 N–H and O–H groups in total. The van der Waals surface area contributed by atoms with Gasteiger partial charge in [0.15, 0.2) is 0 Å². The lowest BCUT2D eigenvalue weighted by Crippen LogP contribution is -2.29. The highest BCUT2D eigenvalue weighted by molar-refractivity contribution is 6.46. The van der Waals surface area contributed by atoms with Crippen LogP contribution in [0.25, 0.3) is 5.76 Å². The molecule has 34 heavy (non-hydrogen) atoms. The predicted molar refractivity (Wildman–Crippen MR) is 128 cm³/mol. The largest absolute Gasteiger partial charge is 0.507 e. The highest BCUT2D eigenvalue weighted by Crippen LogP contribution is 2.41. The van der Waals surface area contributed by atoms with E-state index in [1.165, 1.54) is 12.0 Å². The van der Waals surface area contributed by atoms with Crippen LogP contribution in [0.1, 0.15) is 44.2 Å². The van der Waals surface area contributed by atoms with Crippen LogP contribution in [-0.4, -0.2) is 34.8 Å². The van der Waals surface area contributed by atoms with Gasteiger partial charge >= 0.3 is 5.97 Å². The van der Waals surface area contributed by atoms with E-state index in [1.807, 2.05) is 56.3 Å². The molecule has 3 aromatic rings. The summed E-state index contributed by atoms with van der Waals surface area (Å²) in [4.78, 5) is 39.8. The van der Waals surface area contributed by atoms with Crippen molar-refractivity contribution in [1.82, 2.24) is 4.90 Å². The molecular weight excluding hydrogens is 430 g/mol. The molecule has 1 saturated heterocycles. The Morgan fingerprint density at radius 1 is 0.971 bits per heavy atom. The van der Waals surface area contributed by atoms with Gasteiger partial charge in [0.25, 0.3) is 11.7 Å². The first kappa shape index (κ1) is 23.0. The molecule has 0 spiro atoms. The molecule has 1 unspecified atom stereocenters. The van der Waals surface area contributed by atoms with Crippen LogP contribution in [0.4, 0.5) is 0 Å². The maximum atomic E-state index is 13.2. The van der Waals surface area contributed by atoms with E-state index in [4.69, 9.17) is 4.74 Å². The number of nitrogens with zero attached hydrogens (tertiary/aromatic N) is 1. The van der Waals surface area contributed by atoms with Crippen LogP contribution in [0.5, 0.6) is 0 Å². The number of aryl methyl sites for hydroxylation is 2. The summed E-state index contributed by atoms with van der Waals surface area (Å²) in [6, 6.07) is 20.7. The van der Waals surface area contributed by atoms with Crippen molar-refractivity contribution in [2.45, 2.75) is 26.4 Å². The lowest BCUT2D eigenvalue weighted by Gasteiger charge is -2.25. The van der Waals surface area contributed by atoms with Crippen LogP contribution in [-0.2, 0) is 20.9 Å². The van der Waals surface area contributed by atoms with Gasteiger partial charge in [0.1, 0.15) is 5.76 Å². The van der Waals surface area contributed by atoms with Crippen molar-refractivity contribution in [2.75, 3.05) is 7.11 Å². The van der Waals surface area contributed by atoms with E-state index in [0.717, 1.165) is 16.7 Å². The summed E-state index contributed by atoms with van der Waals surface area (Å²) < 4.78 is 4.77. The average molecular weight is 456 g/mol. The molecule has 0 radical (unpaired) electrons. The number of ketones is 1. The quantitative estimate of drug-likeness (QED) is 0.261. The number of ether oxygens (including phenoxy) is 1. The topological polar surface area (TPSA) is 83.9 Å². The van der Waals surface area contributed by atoms with Crippen molar-refractivity contribution in [3.63, 3.8) is 0 Å². The van der Waals surface area contributed by atoms with E-state index in [-0.39, 0.29) is 17.9 Å². The molecule has 0 aliphatic carbocycles. The molecule has 1 heterocycles. The van der Waals surface area contributed by atoms with Gasteiger partial charge in [-0.3, -0.25) is 9.59 Å². The molecule has 1 atom stereocenters. The molecule has 6 heteroatoms. The summed E-state index contributed by atoms with van der Waals surface area (Å²) in [6.45, 7) is 3.93. The molecule has 6 nitrogen and oxygen atoms in total. The number of hydrogen-bond acceptors (Lipinski definition) is 5. The smallest absolute Gasteiger partial charge is 0.337 e. The number of carbonyl (C=O) groups is 3. The van der Waals surface area contributed by atoms with Crippen LogP contribution in [0.2, 0.25) is 0 Å². The number of benzene rings is 3. The number of aliphatic hydroxyl groups is 1. The summed E-state index contributed by atoms with van der Waals surface area (Å²) in [7, 11) is 1.30. The van der Waals surface area contributed by atoms with Gasteiger partial charge in [0, 0.05) is 12.1 Å². The van der Waals surface area contributed by atoms with Crippen molar-refractivity contribution < 1.29 is 24.2 Å². The molecule has 172 valence electrons. The Morgan fingerprint density at radius 2 is 1.65 bits per heavy atom. The van der Waals surface area contributed by atoms with Crippen molar-refractivity contribution in [3.8, 4) is 0 Å². The molecular formula is C28H25NO5. The third-order valence-electron chi connectivity index (χ3n) is 6.03. The zero-order valence-electron chi connectivity index (χ0n) is 19.2. The molecule has 1 amide bonds. The van der Waals surface area contributed by atoms with Crippen molar-refractivity contribution >= 4 is 23.4 Å². The maximum absolute atomic E-state index is 13.2. The Labute approximate surface area is 198 Å². The van der Waals surface area contributed by atoms with E-state index >= 15 is 0 Å². The zero-order chi connectivity index (χ0) is 24.4. The SMILES string of the molecule is COC(=O)c1ccc(C2/C(=C(\O)c3cc(C)ccc3C)C(=O)C(=O)N2Cc2ccccc2)cc1. The second-order valence-corrected chi connectivity index (χ2v) is 8.34. The molecule has 4 rings (SSSR count). The first-order valence-corrected chi connectivity index (χ1v) is 10.9. The first-order valence-electron chi connectivity index (χ1n) is 10.9. The number of esters is 1. The monoisotopic (exact) mass is 455 g/mol. The fourth-order valence-corrected chi connectivity index (χ4v) is 4.23. The molecule has 1 fully saturated rings. The molecule has 3 aromatic carbocycles. The van der Waals surface area contributed by atoms with E-state index in [2.05, 4.69) is 0 Å². The Morgan fingerprint density at radius 3 is 2.29 bits per heavy atom. The number of rotatable bonds is 5. The van der Waals surface area contributed by atoms with Crippen LogP contribution in [0.15, 0.2) is 78.4 Å². The summed E-state index contributed by atoms with van der Waals surface area (Å²) >= 11 is 0. The highest BCUT2D eigenvalue weighted by Gasteiger charge is 2.46. The van der Waals surface area contributed by atoms with E-state index in [9.17, 15) is 19.5 Å².